The Labute approximate surface area is 72.5 Å². The quantitative estimate of drug-likeness (QED) is 0.627. The second-order valence-corrected chi connectivity index (χ2v) is 3.29. The van der Waals surface area contributed by atoms with E-state index >= 15 is 0 Å². The number of nitrogens with one attached hydrogen (secondary N) is 1. The fourth-order valence-electron chi connectivity index (χ4n) is 0.742. The van der Waals surface area contributed by atoms with Crippen molar-refractivity contribution in [3.63, 3.8) is 0 Å². The van der Waals surface area contributed by atoms with E-state index in [0.29, 0.717) is 12.3 Å². The maximum Gasteiger partial charge on any atom is 0.239 e. The Kier molecular flexibility index (Phi) is 4.33. The number of carbonyl (C=O) groups is 2. The van der Waals surface area contributed by atoms with Gasteiger partial charge in [0.25, 0.3) is 0 Å². The zero-order valence-electron chi connectivity index (χ0n) is 7.76. The summed E-state index contributed by atoms with van der Waals surface area (Å²) in [5, 5.41) is 2.50. The highest BCUT2D eigenvalue weighted by Crippen LogP contribution is 1.98. The molecule has 4 nitrogen and oxygen atoms in total. The van der Waals surface area contributed by atoms with Gasteiger partial charge in [-0.2, -0.15) is 0 Å². The molecule has 0 aliphatic heterocycles. The summed E-state index contributed by atoms with van der Waals surface area (Å²) < 4.78 is 0. The SMILES string of the molecule is CC(C)CC(=O)N[C@@H](C)C(N)=O. The van der Waals surface area contributed by atoms with Crippen molar-refractivity contribution >= 4 is 11.8 Å². The van der Waals surface area contributed by atoms with E-state index in [0.717, 1.165) is 0 Å². The van der Waals surface area contributed by atoms with E-state index < -0.39 is 11.9 Å². The van der Waals surface area contributed by atoms with E-state index in [9.17, 15) is 9.59 Å². The fraction of sp³-hybridized carbons (Fsp3) is 0.750. The number of amides is 2. The van der Waals surface area contributed by atoms with E-state index in [-0.39, 0.29) is 5.91 Å². The smallest absolute Gasteiger partial charge is 0.239 e. The van der Waals surface area contributed by atoms with Gasteiger partial charge in [-0.15, -0.1) is 0 Å². The molecule has 0 rings (SSSR count). The predicted molar refractivity (Wildman–Crippen MR) is 46.3 cm³/mol. The normalized spacial score (nSPS) is 12.7. The molecule has 0 fully saturated rings. The van der Waals surface area contributed by atoms with E-state index in [1.165, 1.54) is 0 Å². The highest BCUT2D eigenvalue weighted by atomic mass is 16.2. The monoisotopic (exact) mass is 172 g/mol. The van der Waals surface area contributed by atoms with Crippen molar-refractivity contribution in [2.24, 2.45) is 11.7 Å². The molecule has 0 aliphatic rings. The number of rotatable bonds is 4. The summed E-state index contributed by atoms with van der Waals surface area (Å²) in [7, 11) is 0. The summed E-state index contributed by atoms with van der Waals surface area (Å²) in [6, 6.07) is -0.573. The maximum absolute atomic E-state index is 11.0. The molecule has 2 amide bonds. The molecule has 0 unspecified atom stereocenters. The lowest BCUT2D eigenvalue weighted by Crippen LogP contribution is -2.42. The highest BCUT2D eigenvalue weighted by Gasteiger charge is 2.12. The van der Waals surface area contributed by atoms with Crippen LogP contribution in [-0.4, -0.2) is 17.9 Å². The van der Waals surface area contributed by atoms with Crippen LogP contribution in [0.5, 0.6) is 0 Å². The zero-order valence-corrected chi connectivity index (χ0v) is 7.76. The lowest BCUT2D eigenvalue weighted by Gasteiger charge is -2.10. The molecule has 0 bridgehead atoms. The topological polar surface area (TPSA) is 72.2 Å². The van der Waals surface area contributed by atoms with Crippen LogP contribution in [0.4, 0.5) is 0 Å². The molecule has 1 atom stereocenters. The van der Waals surface area contributed by atoms with E-state index in [4.69, 9.17) is 5.73 Å². The molecule has 0 spiro atoms. The van der Waals surface area contributed by atoms with E-state index in [2.05, 4.69) is 5.32 Å². The van der Waals surface area contributed by atoms with Gasteiger partial charge in [-0.05, 0) is 12.8 Å². The molecule has 0 aromatic carbocycles. The Bertz CT molecular complexity index is 178. The average molecular weight is 172 g/mol. The Morgan fingerprint density at radius 3 is 2.17 bits per heavy atom. The van der Waals surface area contributed by atoms with Crippen LogP contribution in [-0.2, 0) is 9.59 Å². The van der Waals surface area contributed by atoms with Gasteiger partial charge in [0.05, 0.1) is 0 Å². The molecule has 0 aromatic rings. The summed E-state index contributed by atoms with van der Waals surface area (Å²) in [6.07, 6.45) is 0.428. The molecule has 0 saturated heterocycles. The van der Waals surface area contributed by atoms with Crippen LogP contribution in [0.15, 0.2) is 0 Å². The van der Waals surface area contributed by atoms with E-state index in [1.54, 1.807) is 6.92 Å². The third kappa shape index (κ3) is 4.71. The van der Waals surface area contributed by atoms with Crippen molar-refractivity contribution in [3.8, 4) is 0 Å². The molecule has 0 radical (unpaired) electrons. The van der Waals surface area contributed by atoms with Gasteiger partial charge in [0.2, 0.25) is 11.8 Å². The van der Waals surface area contributed by atoms with Gasteiger partial charge in [-0.3, -0.25) is 9.59 Å². The molecule has 0 aliphatic carbocycles. The maximum atomic E-state index is 11.0. The van der Waals surface area contributed by atoms with Crippen LogP contribution in [0.3, 0.4) is 0 Å². The molecular formula is C8H16N2O2. The van der Waals surface area contributed by atoms with Crippen LogP contribution >= 0.6 is 0 Å². The second-order valence-electron chi connectivity index (χ2n) is 3.29. The summed E-state index contributed by atoms with van der Waals surface area (Å²) in [6.45, 7) is 5.45. The van der Waals surface area contributed by atoms with Crippen molar-refractivity contribution < 1.29 is 9.59 Å². The van der Waals surface area contributed by atoms with E-state index in [1.807, 2.05) is 13.8 Å². The second kappa shape index (κ2) is 4.74. The summed E-state index contributed by atoms with van der Waals surface area (Å²) >= 11 is 0. The minimum Gasteiger partial charge on any atom is -0.368 e. The Hall–Kier alpha value is -1.06. The van der Waals surface area contributed by atoms with Crippen molar-refractivity contribution in [2.75, 3.05) is 0 Å². The predicted octanol–water partition coefficient (Wildman–Crippen LogP) is 0.0225. The first-order chi connectivity index (χ1) is 5.43. The average Bonchev–Trinajstić information content (AvgIpc) is 1.84. The zero-order chi connectivity index (χ0) is 9.72. The lowest BCUT2D eigenvalue weighted by molar-refractivity contribution is -0.127. The van der Waals surface area contributed by atoms with Crippen LogP contribution < -0.4 is 11.1 Å². The number of nitrogens with two attached hydrogens (primary N) is 1. The van der Waals surface area contributed by atoms with Crippen LogP contribution in [0.25, 0.3) is 0 Å². The largest absolute Gasteiger partial charge is 0.368 e. The molecule has 3 N–H and O–H groups in total. The summed E-state index contributed by atoms with van der Waals surface area (Å²) in [5.74, 6) is -0.339. The van der Waals surface area contributed by atoms with Crippen LogP contribution in [0, 0.1) is 5.92 Å². The summed E-state index contributed by atoms with van der Waals surface area (Å²) in [5.41, 5.74) is 4.96. The molecule has 0 saturated carbocycles. The van der Waals surface area contributed by atoms with Gasteiger partial charge in [-0.1, -0.05) is 13.8 Å². The molecule has 4 heteroatoms. The van der Waals surface area contributed by atoms with Gasteiger partial charge in [0.1, 0.15) is 6.04 Å². The van der Waals surface area contributed by atoms with Crippen molar-refractivity contribution in [3.05, 3.63) is 0 Å². The third-order valence-electron chi connectivity index (χ3n) is 1.40. The van der Waals surface area contributed by atoms with Crippen molar-refractivity contribution in [1.29, 1.82) is 0 Å². The van der Waals surface area contributed by atoms with Gasteiger partial charge in [0, 0.05) is 6.42 Å². The third-order valence-corrected chi connectivity index (χ3v) is 1.40. The van der Waals surface area contributed by atoms with Crippen LogP contribution in [0.1, 0.15) is 27.2 Å². The molecule has 12 heavy (non-hydrogen) atoms. The Morgan fingerprint density at radius 2 is 1.83 bits per heavy atom. The first-order valence-electron chi connectivity index (χ1n) is 4.02. The van der Waals surface area contributed by atoms with Crippen LogP contribution in [0.2, 0.25) is 0 Å². The first kappa shape index (κ1) is 10.9. The number of primary amides is 1. The van der Waals surface area contributed by atoms with Crippen molar-refractivity contribution in [2.45, 2.75) is 33.2 Å². The minimum atomic E-state index is -0.573. The Balaban J connectivity index is 3.77. The molecule has 70 valence electrons. The number of carbonyl (C=O) groups excluding carboxylic acids is 2. The number of hydrogen-bond acceptors (Lipinski definition) is 2. The highest BCUT2D eigenvalue weighted by molar-refractivity contribution is 5.86. The van der Waals surface area contributed by atoms with Gasteiger partial charge in [0.15, 0.2) is 0 Å². The first-order valence-corrected chi connectivity index (χ1v) is 4.02. The molecular weight excluding hydrogens is 156 g/mol. The summed E-state index contributed by atoms with van der Waals surface area (Å²) in [4.78, 5) is 21.6. The minimum absolute atomic E-state index is 0.128. The van der Waals surface area contributed by atoms with Gasteiger partial charge >= 0.3 is 0 Å². The number of hydrogen-bond donors (Lipinski definition) is 2. The standard InChI is InChI=1S/C8H16N2O2/c1-5(2)4-7(11)10-6(3)8(9)12/h5-6H,4H2,1-3H3,(H2,9,12)(H,10,11)/t6-/m0/s1. The molecule has 0 aromatic heterocycles. The lowest BCUT2D eigenvalue weighted by atomic mass is 10.1. The Morgan fingerprint density at radius 1 is 1.33 bits per heavy atom. The fourth-order valence-corrected chi connectivity index (χ4v) is 0.742. The van der Waals surface area contributed by atoms with Gasteiger partial charge < -0.3 is 11.1 Å². The van der Waals surface area contributed by atoms with Gasteiger partial charge in [-0.25, -0.2) is 0 Å². The van der Waals surface area contributed by atoms with Crippen molar-refractivity contribution in [1.82, 2.24) is 5.32 Å². The molecule has 0 heterocycles.